The number of aromatic amines is 1. The Bertz CT molecular complexity index is 1320. The van der Waals surface area contributed by atoms with Gasteiger partial charge in [0.2, 0.25) is 11.8 Å². The summed E-state index contributed by atoms with van der Waals surface area (Å²) in [5.74, 6) is -0.639. The smallest absolute Gasteiger partial charge is 0.330 e. The molecule has 0 radical (unpaired) electrons. The van der Waals surface area contributed by atoms with Crippen molar-refractivity contribution in [2.24, 2.45) is 5.92 Å². The largest absolute Gasteiger partial charge is 0.383 e. The van der Waals surface area contributed by atoms with Crippen molar-refractivity contribution in [2.45, 2.75) is 27.3 Å². The van der Waals surface area contributed by atoms with Gasteiger partial charge in [-0.25, -0.2) is 4.79 Å². The van der Waals surface area contributed by atoms with Crippen LogP contribution in [0.3, 0.4) is 0 Å². The maximum atomic E-state index is 13.2. The number of nitrogens with one attached hydrogen (secondary N) is 2. The number of amides is 2. The maximum Gasteiger partial charge on any atom is 0.330 e. The van der Waals surface area contributed by atoms with Crippen LogP contribution < -0.4 is 27.2 Å². The summed E-state index contributed by atoms with van der Waals surface area (Å²) in [5.41, 5.74) is 7.45. The molecule has 0 saturated heterocycles. The lowest BCUT2D eigenvalue weighted by molar-refractivity contribution is -0.116. The molecule has 0 saturated carbocycles. The Hall–Kier alpha value is -3.79. The molecule has 10 heteroatoms. The summed E-state index contributed by atoms with van der Waals surface area (Å²) in [6.45, 7) is 6.15. The topological polar surface area (TPSA) is 130 Å². The predicted octanol–water partition coefficient (Wildman–Crippen LogP) is 2.84. The van der Waals surface area contributed by atoms with Crippen molar-refractivity contribution >= 4 is 40.8 Å². The first kappa shape index (κ1) is 26.8. The highest BCUT2D eigenvalue weighted by Gasteiger charge is 2.25. The number of nitrogens with two attached hydrogens (primary N) is 1. The van der Waals surface area contributed by atoms with Gasteiger partial charge < -0.3 is 16.0 Å². The fraction of sp³-hybridized carbons (Fsp3) is 0.308. The minimum Gasteiger partial charge on any atom is -0.383 e. The van der Waals surface area contributed by atoms with Gasteiger partial charge in [-0.1, -0.05) is 61.9 Å². The first-order valence-corrected chi connectivity index (χ1v) is 12.7. The molecule has 2 aromatic carbocycles. The number of anilines is 3. The van der Waals surface area contributed by atoms with Crippen molar-refractivity contribution < 1.29 is 9.59 Å². The minimum absolute atomic E-state index is 0.0251. The predicted molar refractivity (Wildman–Crippen MR) is 146 cm³/mol. The van der Waals surface area contributed by atoms with Gasteiger partial charge in [-0.3, -0.25) is 23.9 Å². The second-order valence-electron chi connectivity index (χ2n) is 8.87. The first-order valence-electron chi connectivity index (χ1n) is 11.6. The van der Waals surface area contributed by atoms with Crippen LogP contribution in [0.5, 0.6) is 0 Å². The van der Waals surface area contributed by atoms with Crippen LogP contribution in [0.4, 0.5) is 17.2 Å². The molecule has 0 unspecified atom stereocenters. The quantitative estimate of drug-likeness (QED) is 0.385. The van der Waals surface area contributed by atoms with Crippen LogP contribution in [-0.4, -0.2) is 39.4 Å². The van der Waals surface area contributed by atoms with Crippen LogP contribution in [0.2, 0.25) is 0 Å². The summed E-state index contributed by atoms with van der Waals surface area (Å²) in [7, 11) is 0. The molecule has 1 aromatic heterocycles. The summed E-state index contributed by atoms with van der Waals surface area (Å²) in [4.78, 5) is 54.4. The standard InChI is InChI=1S/C26H31N5O4S/c1-17(2)13-30(22(33)16-36-15-21(32)28-20-11-9-18(3)10-12-20)23-24(27)31(26(35)29-25(23)34)14-19-7-5-4-6-8-19/h4-12,17H,13-16,27H2,1-3H3,(H,28,32)(H,29,34,35). The van der Waals surface area contributed by atoms with Crippen molar-refractivity contribution in [1.82, 2.24) is 9.55 Å². The number of carbonyl (C=O) groups excluding carboxylic acids is 2. The Labute approximate surface area is 213 Å². The molecule has 1 heterocycles. The molecule has 190 valence electrons. The molecule has 0 aliphatic rings. The normalized spacial score (nSPS) is 10.9. The van der Waals surface area contributed by atoms with Crippen LogP contribution >= 0.6 is 11.8 Å². The molecule has 4 N–H and O–H groups in total. The van der Waals surface area contributed by atoms with Gasteiger partial charge >= 0.3 is 5.69 Å². The van der Waals surface area contributed by atoms with Crippen molar-refractivity contribution in [1.29, 1.82) is 0 Å². The molecule has 0 spiro atoms. The third-order valence-electron chi connectivity index (χ3n) is 5.31. The van der Waals surface area contributed by atoms with Crippen LogP contribution in [0.25, 0.3) is 0 Å². The Morgan fingerprint density at radius 2 is 1.72 bits per heavy atom. The average molecular weight is 510 g/mol. The van der Waals surface area contributed by atoms with Gasteiger partial charge in [0.1, 0.15) is 5.82 Å². The van der Waals surface area contributed by atoms with E-state index in [1.807, 2.05) is 75.4 Å². The van der Waals surface area contributed by atoms with E-state index in [-0.39, 0.29) is 53.8 Å². The van der Waals surface area contributed by atoms with Gasteiger partial charge in [-0.2, -0.15) is 0 Å². The van der Waals surface area contributed by atoms with Gasteiger partial charge in [0.05, 0.1) is 18.1 Å². The Balaban J connectivity index is 1.76. The molecule has 2 amide bonds. The summed E-state index contributed by atoms with van der Waals surface area (Å²) >= 11 is 1.14. The lowest BCUT2D eigenvalue weighted by Gasteiger charge is -2.26. The second-order valence-corrected chi connectivity index (χ2v) is 9.86. The van der Waals surface area contributed by atoms with Crippen LogP contribution in [0.1, 0.15) is 25.0 Å². The van der Waals surface area contributed by atoms with Gasteiger partial charge in [0.25, 0.3) is 5.56 Å². The number of aryl methyl sites for hydroxylation is 1. The summed E-state index contributed by atoms with van der Waals surface area (Å²) < 4.78 is 1.24. The van der Waals surface area contributed by atoms with E-state index in [4.69, 9.17) is 5.73 Å². The molecule has 3 rings (SSSR count). The van der Waals surface area contributed by atoms with E-state index in [0.29, 0.717) is 5.69 Å². The number of rotatable bonds is 10. The second kappa shape index (κ2) is 12.3. The van der Waals surface area contributed by atoms with Crippen molar-refractivity contribution in [3.05, 3.63) is 86.6 Å². The van der Waals surface area contributed by atoms with E-state index in [1.54, 1.807) is 0 Å². The summed E-state index contributed by atoms with van der Waals surface area (Å²) in [5, 5.41) is 2.79. The molecule has 0 bridgehead atoms. The SMILES string of the molecule is Cc1ccc(NC(=O)CSCC(=O)N(CC(C)C)c2c(N)n(Cc3ccccc3)c(=O)[nH]c2=O)cc1. The Kier molecular flexibility index (Phi) is 9.13. The zero-order chi connectivity index (χ0) is 26.2. The van der Waals surface area contributed by atoms with Crippen LogP contribution in [0.15, 0.2) is 64.2 Å². The number of hydrogen-bond acceptors (Lipinski definition) is 6. The number of nitrogens with zero attached hydrogens (tertiary/aromatic N) is 2. The molecule has 0 aliphatic carbocycles. The minimum atomic E-state index is -0.724. The maximum absolute atomic E-state index is 13.2. The fourth-order valence-electron chi connectivity index (χ4n) is 3.59. The van der Waals surface area contributed by atoms with E-state index in [0.717, 1.165) is 22.9 Å². The lowest BCUT2D eigenvalue weighted by Crippen LogP contribution is -2.43. The monoisotopic (exact) mass is 509 g/mol. The number of nitrogen functional groups attached to an aromatic ring is 1. The van der Waals surface area contributed by atoms with Gasteiger partial charge in [-0.05, 0) is 30.5 Å². The number of carbonyl (C=O) groups is 2. The molecular formula is C26H31N5O4S. The van der Waals surface area contributed by atoms with E-state index in [2.05, 4.69) is 10.3 Å². The van der Waals surface area contributed by atoms with E-state index >= 15 is 0 Å². The number of aromatic nitrogens is 2. The number of H-pyrrole nitrogens is 1. The van der Waals surface area contributed by atoms with Gasteiger partial charge in [0.15, 0.2) is 5.69 Å². The lowest BCUT2D eigenvalue weighted by atomic mass is 10.2. The molecule has 9 nitrogen and oxygen atoms in total. The third kappa shape index (κ3) is 7.11. The molecule has 0 aliphatic heterocycles. The summed E-state index contributed by atoms with van der Waals surface area (Å²) in [6.07, 6.45) is 0. The van der Waals surface area contributed by atoms with Crippen molar-refractivity contribution in [3.63, 3.8) is 0 Å². The zero-order valence-electron chi connectivity index (χ0n) is 20.6. The highest BCUT2D eigenvalue weighted by atomic mass is 32.2. The molecule has 0 fully saturated rings. The fourth-order valence-corrected chi connectivity index (χ4v) is 4.28. The molecule has 36 heavy (non-hydrogen) atoms. The van der Waals surface area contributed by atoms with Gasteiger partial charge in [-0.15, -0.1) is 11.8 Å². The van der Waals surface area contributed by atoms with Gasteiger partial charge in [0, 0.05) is 12.2 Å². The Morgan fingerprint density at radius 3 is 2.36 bits per heavy atom. The van der Waals surface area contributed by atoms with Crippen LogP contribution in [-0.2, 0) is 16.1 Å². The number of benzene rings is 2. The average Bonchev–Trinajstić information content (AvgIpc) is 2.83. The molecular weight excluding hydrogens is 478 g/mol. The van der Waals surface area contributed by atoms with E-state index < -0.39 is 11.2 Å². The highest BCUT2D eigenvalue weighted by molar-refractivity contribution is 8.00. The zero-order valence-corrected chi connectivity index (χ0v) is 21.4. The molecule has 0 atom stereocenters. The first-order chi connectivity index (χ1) is 17.2. The summed E-state index contributed by atoms with van der Waals surface area (Å²) in [6, 6.07) is 16.6. The van der Waals surface area contributed by atoms with Crippen LogP contribution in [0, 0.1) is 12.8 Å². The van der Waals surface area contributed by atoms with E-state index in [1.165, 1.54) is 9.47 Å². The number of thioether (sulfide) groups is 1. The third-order valence-corrected chi connectivity index (χ3v) is 6.23. The van der Waals surface area contributed by atoms with Crippen molar-refractivity contribution in [2.75, 3.05) is 34.0 Å². The van der Waals surface area contributed by atoms with E-state index in [9.17, 15) is 19.2 Å². The van der Waals surface area contributed by atoms with Crippen molar-refractivity contribution in [3.8, 4) is 0 Å². The molecule has 3 aromatic rings. The number of hydrogen-bond donors (Lipinski definition) is 3. The Morgan fingerprint density at radius 1 is 1.06 bits per heavy atom. The highest BCUT2D eigenvalue weighted by Crippen LogP contribution is 2.21.